The van der Waals surface area contributed by atoms with Crippen LogP contribution in [0.2, 0.25) is 0 Å². The lowest BCUT2D eigenvalue weighted by Gasteiger charge is -2.32. The van der Waals surface area contributed by atoms with Gasteiger partial charge >= 0.3 is 0 Å². The molecule has 0 aliphatic carbocycles. The molecular formula is C16H20N4OS. The summed E-state index contributed by atoms with van der Waals surface area (Å²) >= 11 is 1.22. The van der Waals surface area contributed by atoms with Gasteiger partial charge in [0.2, 0.25) is 0 Å². The highest BCUT2D eigenvalue weighted by Gasteiger charge is 2.27. The lowest BCUT2D eigenvalue weighted by Crippen LogP contribution is -2.40. The maximum absolute atomic E-state index is 12.7. The molecule has 0 bridgehead atoms. The third-order valence-electron chi connectivity index (χ3n) is 4.12. The molecule has 1 saturated heterocycles. The van der Waals surface area contributed by atoms with Crippen LogP contribution in [0.4, 0.5) is 0 Å². The van der Waals surface area contributed by atoms with Crippen LogP contribution in [0.1, 0.15) is 40.8 Å². The van der Waals surface area contributed by atoms with E-state index in [9.17, 15) is 4.79 Å². The van der Waals surface area contributed by atoms with Gasteiger partial charge in [0.05, 0.1) is 5.69 Å². The predicted molar refractivity (Wildman–Crippen MR) is 85.9 cm³/mol. The first-order chi connectivity index (χ1) is 10.8. The summed E-state index contributed by atoms with van der Waals surface area (Å²) in [6, 6.07) is 6.01. The van der Waals surface area contributed by atoms with E-state index in [-0.39, 0.29) is 5.91 Å². The molecule has 1 unspecified atom stereocenters. The number of piperidine rings is 1. The summed E-state index contributed by atoms with van der Waals surface area (Å²) in [7, 11) is 0. The molecule has 1 aliphatic heterocycles. The van der Waals surface area contributed by atoms with Crippen molar-refractivity contribution in [1.29, 1.82) is 0 Å². The standard InChI is InChI=1S/C16H20N4OS/c1-2-14-15(22-19-18-14)16(21)20-9-5-6-12(11-20)10-13-7-3-4-8-17-13/h3-4,7-8,12H,2,5-6,9-11H2,1H3. The van der Waals surface area contributed by atoms with Crippen molar-refractivity contribution < 1.29 is 4.79 Å². The van der Waals surface area contributed by atoms with Crippen LogP contribution in [0.3, 0.4) is 0 Å². The van der Waals surface area contributed by atoms with E-state index in [4.69, 9.17) is 0 Å². The van der Waals surface area contributed by atoms with Crippen LogP contribution in [-0.4, -0.2) is 38.5 Å². The summed E-state index contributed by atoms with van der Waals surface area (Å²) in [5.74, 6) is 0.580. The topological polar surface area (TPSA) is 59.0 Å². The predicted octanol–water partition coefficient (Wildman–Crippen LogP) is 2.59. The van der Waals surface area contributed by atoms with E-state index in [0.717, 1.165) is 50.2 Å². The molecule has 6 heteroatoms. The largest absolute Gasteiger partial charge is 0.338 e. The molecule has 3 heterocycles. The van der Waals surface area contributed by atoms with Crippen molar-refractivity contribution in [3.63, 3.8) is 0 Å². The second-order valence-electron chi connectivity index (χ2n) is 5.69. The quantitative estimate of drug-likeness (QED) is 0.870. The highest BCUT2D eigenvalue weighted by Crippen LogP contribution is 2.23. The second-order valence-corrected chi connectivity index (χ2v) is 6.44. The van der Waals surface area contributed by atoms with Crippen LogP contribution in [0.15, 0.2) is 24.4 Å². The fourth-order valence-electron chi connectivity index (χ4n) is 2.98. The lowest BCUT2D eigenvalue weighted by atomic mass is 9.93. The van der Waals surface area contributed by atoms with Gasteiger partial charge in [0.1, 0.15) is 4.88 Å². The molecule has 5 nitrogen and oxygen atoms in total. The second kappa shape index (κ2) is 6.96. The van der Waals surface area contributed by atoms with Gasteiger partial charge in [0, 0.05) is 25.0 Å². The van der Waals surface area contributed by atoms with Gasteiger partial charge in [-0.1, -0.05) is 17.5 Å². The molecule has 0 saturated carbocycles. The van der Waals surface area contributed by atoms with Crippen molar-refractivity contribution in [3.8, 4) is 0 Å². The molecule has 116 valence electrons. The number of hydrogen-bond acceptors (Lipinski definition) is 5. The van der Waals surface area contributed by atoms with Crippen LogP contribution >= 0.6 is 11.5 Å². The van der Waals surface area contributed by atoms with Gasteiger partial charge in [-0.3, -0.25) is 9.78 Å². The first-order valence-electron chi connectivity index (χ1n) is 7.78. The van der Waals surface area contributed by atoms with Crippen molar-refractivity contribution in [2.24, 2.45) is 5.92 Å². The van der Waals surface area contributed by atoms with E-state index >= 15 is 0 Å². The number of likely N-dealkylation sites (tertiary alicyclic amines) is 1. The smallest absolute Gasteiger partial charge is 0.267 e. The van der Waals surface area contributed by atoms with Crippen LogP contribution in [0, 0.1) is 5.92 Å². The van der Waals surface area contributed by atoms with Gasteiger partial charge in [-0.2, -0.15) is 0 Å². The molecule has 0 aromatic carbocycles. The minimum absolute atomic E-state index is 0.0950. The summed E-state index contributed by atoms with van der Waals surface area (Å²) in [5.41, 5.74) is 1.93. The van der Waals surface area contributed by atoms with E-state index in [2.05, 4.69) is 20.6 Å². The first-order valence-corrected chi connectivity index (χ1v) is 8.55. The summed E-state index contributed by atoms with van der Waals surface area (Å²) in [5, 5.41) is 4.05. The van der Waals surface area contributed by atoms with Crippen molar-refractivity contribution in [2.45, 2.75) is 32.6 Å². The zero-order valence-electron chi connectivity index (χ0n) is 12.7. The monoisotopic (exact) mass is 316 g/mol. The SMILES string of the molecule is CCc1nnsc1C(=O)N1CCCC(Cc2ccccn2)C1. The lowest BCUT2D eigenvalue weighted by molar-refractivity contribution is 0.0676. The van der Waals surface area contributed by atoms with Crippen LogP contribution in [-0.2, 0) is 12.8 Å². The fourth-order valence-corrected chi connectivity index (χ4v) is 3.70. The van der Waals surface area contributed by atoms with Gasteiger partial charge in [-0.05, 0) is 55.3 Å². The number of rotatable bonds is 4. The molecule has 22 heavy (non-hydrogen) atoms. The van der Waals surface area contributed by atoms with E-state index in [1.54, 1.807) is 0 Å². The number of pyridine rings is 1. The van der Waals surface area contributed by atoms with Crippen molar-refractivity contribution in [3.05, 3.63) is 40.7 Å². The van der Waals surface area contributed by atoms with Gasteiger partial charge in [0.25, 0.3) is 5.91 Å². The van der Waals surface area contributed by atoms with Crippen LogP contribution < -0.4 is 0 Å². The van der Waals surface area contributed by atoms with E-state index in [1.165, 1.54) is 11.5 Å². The van der Waals surface area contributed by atoms with E-state index < -0.39 is 0 Å². The Balaban J connectivity index is 1.66. The number of nitrogens with zero attached hydrogens (tertiary/aromatic N) is 4. The highest BCUT2D eigenvalue weighted by atomic mass is 32.1. The zero-order valence-corrected chi connectivity index (χ0v) is 13.6. The molecular weight excluding hydrogens is 296 g/mol. The Labute approximate surface area is 134 Å². The summed E-state index contributed by atoms with van der Waals surface area (Å²) in [6.45, 7) is 3.64. The Morgan fingerprint density at radius 2 is 2.36 bits per heavy atom. The Hall–Kier alpha value is -1.82. The number of aromatic nitrogens is 3. The van der Waals surface area contributed by atoms with Gasteiger partial charge < -0.3 is 4.90 Å². The third kappa shape index (κ3) is 3.32. The average Bonchev–Trinajstić information content (AvgIpc) is 3.04. The van der Waals surface area contributed by atoms with Crippen molar-refractivity contribution in [2.75, 3.05) is 13.1 Å². The number of amides is 1. The molecule has 1 aliphatic rings. The molecule has 0 spiro atoms. The van der Waals surface area contributed by atoms with Gasteiger partial charge in [-0.15, -0.1) is 5.10 Å². The molecule has 1 amide bonds. The number of carbonyl (C=O) groups is 1. The van der Waals surface area contributed by atoms with Crippen LogP contribution in [0.25, 0.3) is 0 Å². The number of carbonyl (C=O) groups excluding carboxylic acids is 1. The zero-order chi connectivity index (χ0) is 15.4. The summed E-state index contributed by atoms with van der Waals surface area (Å²) in [4.78, 5) is 19.8. The molecule has 2 aromatic heterocycles. The normalized spacial score (nSPS) is 18.4. The molecule has 0 radical (unpaired) electrons. The Morgan fingerprint density at radius 3 is 3.14 bits per heavy atom. The minimum Gasteiger partial charge on any atom is -0.338 e. The molecule has 3 rings (SSSR count). The Kier molecular flexibility index (Phi) is 4.77. The fraction of sp³-hybridized carbons (Fsp3) is 0.500. The maximum Gasteiger partial charge on any atom is 0.267 e. The molecule has 1 fully saturated rings. The maximum atomic E-state index is 12.7. The van der Waals surface area contributed by atoms with Crippen LogP contribution in [0.5, 0.6) is 0 Å². The molecule has 2 aromatic rings. The number of aryl methyl sites for hydroxylation is 1. The first kappa shape index (κ1) is 15.1. The average molecular weight is 316 g/mol. The van der Waals surface area contributed by atoms with Gasteiger partial charge in [0.15, 0.2) is 0 Å². The third-order valence-corrected chi connectivity index (χ3v) is 4.87. The van der Waals surface area contributed by atoms with E-state index in [0.29, 0.717) is 10.8 Å². The van der Waals surface area contributed by atoms with E-state index in [1.807, 2.05) is 30.2 Å². The Bertz CT molecular complexity index is 628. The molecule has 1 atom stereocenters. The number of hydrogen-bond donors (Lipinski definition) is 0. The van der Waals surface area contributed by atoms with Crippen molar-refractivity contribution >= 4 is 17.4 Å². The minimum atomic E-state index is 0.0950. The van der Waals surface area contributed by atoms with Crippen molar-refractivity contribution in [1.82, 2.24) is 19.5 Å². The summed E-state index contributed by atoms with van der Waals surface area (Å²) in [6.07, 6.45) is 5.73. The van der Waals surface area contributed by atoms with Gasteiger partial charge in [-0.25, -0.2) is 0 Å². The highest BCUT2D eigenvalue weighted by molar-refractivity contribution is 7.08. The Morgan fingerprint density at radius 1 is 1.45 bits per heavy atom. The molecule has 0 N–H and O–H groups in total. The summed E-state index contributed by atoms with van der Waals surface area (Å²) < 4.78 is 3.93.